The number of carbonyl (C=O) groups is 1. The molecule has 8 nitrogen and oxygen atoms in total. The zero-order valence-electron chi connectivity index (χ0n) is 17.0. The minimum absolute atomic E-state index is 0.171. The smallest absolute Gasteiger partial charge is 0.260 e. The first-order valence-corrected chi connectivity index (χ1v) is 13.0. The third kappa shape index (κ3) is 6.39. The molecule has 2 aromatic carbocycles. The number of hydrogen-bond acceptors (Lipinski definition) is 6. The van der Waals surface area contributed by atoms with Crippen LogP contribution in [0.4, 0.5) is 0 Å². The maximum Gasteiger partial charge on any atom is 0.260 e. The Labute approximate surface area is 182 Å². The SMILES string of the molecule is CS(=O)(=O)c1ccc(OCC(=O)N2CCN(S(=O)(=O)/C=C/c3ccccc3)CC2)cc1. The summed E-state index contributed by atoms with van der Waals surface area (Å²) in [6, 6.07) is 15.0. The highest BCUT2D eigenvalue weighted by Crippen LogP contribution is 2.16. The van der Waals surface area contributed by atoms with E-state index >= 15 is 0 Å². The third-order valence-corrected chi connectivity index (χ3v) is 7.49. The van der Waals surface area contributed by atoms with Crippen molar-refractivity contribution in [2.45, 2.75) is 4.90 Å². The van der Waals surface area contributed by atoms with Gasteiger partial charge < -0.3 is 9.64 Å². The van der Waals surface area contributed by atoms with Gasteiger partial charge in [-0.3, -0.25) is 4.79 Å². The lowest BCUT2D eigenvalue weighted by Gasteiger charge is -2.33. The minimum Gasteiger partial charge on any atom is -0.484 e. The van der Waals surface area contributed by atoms with E-state index in [9.17, 15) is 21.6 Å². The van der Waals surface area contributed by atoms with Crippen molar-refractivity contribution in [3.8, 4) is 5.75 Å². The minimum atomic E-state index is -3.57. The number of amides is 1. The first-order chi connectivity index (χ1) is 14.6. The van der Waals surface area contributed by atoms with Crippen LogP contribution in [0.3, 0.4) is 0 Å². The number of carbonyl (C=O) groups excluding carboxylic acids is 1. The summed E-state index contributed by atoms with van der Waals surface area (Å²) in [5.74, 6) is 0.122. The number of hydrogen-bond donors (Lipinski definition) is 0. The van der Waals surface area contributed by atoms with Gasteiger partial charge in [0.1, 0.15) is 5.75 Å². The van der Waals surface area contributed by atoms with Gasteiger partial charge in [-0.1, -0.05) is 30.3 Å². The average molecular weight is 465 g/mol. The lowest BCUT2D eigenvalue weighted by Crippen LogP contribution is -2.51. The Morgan fingerprint density at radius 3 is 2.13 bits per heavy atom. The van der Waals surface area contributed by atoms with Crippen LogP contribution in [0.5, 0.6) is 5.75 Å². The van der Waals surface area contributed by atoms with E-state index in [1.54, 1.807) is 11.0 Å². The van der Waals surface area contributed by atoms with Gasteiger partial charge in [0.25, 0.3) is 5.91 Å². The van der Waals surface area contributed by atoms with Crippen LogP contribution in [0.25, 0.3) is 6.08 Å². The molecule has 1 aliphatic rings. The molecule has 0 N–H and O–H groups in total. The van der Waals surface area contributed by atoms with Crippen molar-refractivity contribution in [2.75, 3.05) is 39.0 Å². The van der Waals surface area contributed by atoms with Crippen molar-refractivity contribution in [2.24, 2.45) is 0 Å². The largest absolute Gasteiger partial charge is 0.484 e. The molecule has 0 radical (unpaired) electrons. The molecule has 2 aromatic rings. The molecule has 31 heavy (non-hydrogen) atoms. The summed E-state index contributed by atoms with van der Waals surface area (Å²) < 4.78 is 54.8. The highest BCUT2D eigenvalue weighted by atomic mass is 32.2. The molecule has 0 atom stereocenters. The quantitative estimate of drug-likeness (QED) is 0.617. The van der Waals surface area contributed by atoms with Crippen molar-refractivity contribution in [1.82, 2.24) is 9.21 Å². The van der Waals surface area contributed by atoms with Gasteiger partial charge >= 0.3 is 0 Å². The van der Waals surface area contributed by atoms with E-state index in [0.717, 1.165) is 11.8 Å². The molecular weight excluding hydrogens is 440 g/mol. The molecular formula is C21H24N2O6S2. The van der Waals surface area contributed by atoms with Gasteiger partial charge in [-0.15, -0.1) is 0 Å². The molecule has 0 bridgehead atoms. The monoisotopic (exact) mass is 464 g/mol. The lowest BCUT2D eigenvalue weighted by molar-refractivity contribution is -0.134. The Morgan fingerprint density at radius 1 is 0.935 bits per heavy atom. The standard InChI is InChI=1S/C21H24N2O6S2/c1-30(25,26)20-9-7-19(8-10-20)29-17-21(24)22-12-14-23(15-13-22)31(27,28)16-11-18-5-3-2-4-6-18/h2-11,16H,12-15,17H2,1H3/b16-11+. The summed E-state index contributed by atoms with van der Waals surface area (Å²) in [4.78, 5) is 14.1. The summed E-state index contributed by atoms with van der Waals surface area (Å²) in [5, 5.41) is 1.18. The molecule has 0 spiro atoms. The zero-order chi connectivity index (χ0) is 22.5. The maximum absolute atomic E-state index is 12.5. The zero-order valence-corrected chi connectivity index (χ0v) is 18.7. The summed E-state index contributed by atoms with van der Waals surface area (Å²) in [5.41, 5.74) is 0.793. The van der Waals surface area contributed by atoms with Crippen LogP contribution in [0, 0.1) is 0 Å². The first kappa shape index (κ1) is 23.0. The Morgan fingerprint density at radius 2 is 1.55 bits per heavy atom. The molecule has 0 unspecified atom stereocenters. The molecule has 0 saturated carbocycles. The molecule has 1 saturated heterocycles. The topological polar surface area (TPSA) is 101 Å². The van der Waals surface area contributed by atoms with Crippen LogP contribution >= 0.6 is 0 Å². The van der Waals surface area contributed by atoms with Crippen LogP contribution in [0.1, 0.15) is 5.56 Å². The second-order valence-corrected chi connectivity index (χ2v) is 10.9. The number of piperazine rings is 1. The first-order valence-electron chi connectivity index (χ1n) is 9.59. The molecule has 1 amide bonds. The summed E-state index contributed by atoms with van der Waals surface area (Å²) in [6.45, 7) is 0.743. The van der Waals surface area contributed by atoms with Gasteiger partial charge in [0.05, 0.1) is 4.90 Å². The van der Waals surface area contributed by atoms with Gasteiger partial charge in [-0.05, 0) is 35.9 Å². The Balaban J connectivity index is 1.49. The number of sulfonamides is 1. The normalized spacial score (nSPS) is 15.8. The second kappa shape index (κ2) is 9.63. The average Bonchev–Trinajstić information content (AvgIpc) is 2.76. The number of sulfone groups is 1. The van der Waals surface area contributed by atoms with E-state index in [4.69, 9.17) is 4.74 Å². The predicted molar refractivity (Wildman–Crippen MR) is 118 cm³/mol. The number of ether oxygens (including phenoxy) is 1. The van der Waals surface area contributed by atoms with Crippen LogP contribution in [0.15, 0.2) is 64.9 Å². The summed E-state index contributed by atoms with van der Waals surface area (Å²) >= 11 is 0. The predicted octanol–water partition coefficient (Wildman–Crippen LogP) is 1.61. The van der Waals surface area contributed by atoms with Crippen molar-refractivity contribution < 1.29 is 26.4 Å². The van der Waals surface area contributed by atoms with Crippen LogP contribution < -0.4 is 4.74 Å². The lowest BCUT2D eigenvalue weighted by atomic mass is 10.2. The van der Waals surface area contributed by atoms with Crippen LogP contribution in [-0.2, 0) is 24.7 Å². The van der Waals surface area contributed by atoms with Crippen molar-refractivity contribution in [3.63, 3.8) is 0 Å². The Kier molecular flexibility index (Phi) is 7.14. The van der Waals surface area contributed by atoms with E-state index in [1.807, 2.05) is 30.3 Å². The molecule has 1 fully saturated rings. The molecule has 0 aromatic heterocycles. The van der Waals surface area contributed by atoms with E-state index < -0.39 is 19.9 Å². The Hall–Kier alpha value is -2.69. The van der Waals surface area contributed by atoms with Crippen molar-refractivity contribution in [3.05, 3.63) is 65.6 Å². The van der Waals surface area contributed by atoms with Crippen LogP contribution in [0.2, 0.25) is 0 Å². The second-order valence-electron chi connectivity index (χ2n) is 7.07. The molecule has 3 rings (SSSR count). The number of rotatable bonds is 7. The van der Waals surface area contributed by atoms with Gasteiger partial charge in [0.15, 0.2) is 16.4 Å². The summed E-state index contributed by atoms with van der Waals surface area (Å²) in [7, 11) is -6.86. The van der Waals surface area contributed by atoms with E-state index in [1.165, 1.54) is 34.0 Å². The third-order valence-electron chi connectivity index (χ3n) is 4.80. The fraction of sp³-hybridized carbons (Fsp3) is 0.286. The van der Waals surface area contributed by atoms with Crippen molar-refractivity contribution in [1.29, 1.82) is 0 Å². The highest BCUT2D eigenvalue weighted by molar-refractivity contribution is 7.92. The van der Waals surface area contributed by atoms with Gasteiger partial charge in [0, 0.05) is 37.8 Å². The molecule has 166 valence electrons. The van der Waals surface area contributed by atoms with Crippen LogP contribution in [-0.4, -0.2) is 71.0 Å². The van der Waals surface area contributed by atoms with Gasteiger partial charge in [0.2, 0.25) is 10.0 Å². The number of benzene rings is 2. The van der Waals surface area contributed by atoms with Gasteiger partial charge in [-0.25, -0.2) is 16.8 Å². The Bertz CT molecular complexity index is 1140. The highest BCUT2D eigenvalue weighted by Gasteiger charge is 2.27. The molecule has 10 heteroatoms. The van der Waals surface area contributed by atoms with Gasteiger partial charge in [-0.2, -0.15) is 4.31 Å². The molecule has 1 heterocycles. The fourth-order valence-corrected chi connectivity index (χ4v) is 4.83. The maximum atomic E-state index is 12.5. The van der Waals surface area contributed by atoms with E-state index in [2.05, 4.69) is 0 Å². The fourth-order valence-electron chi connectivity index (χ4n) is 3.03. The van der Waals surface area contributed by atoms with E-state index in [-0.39, 0.29) is 43.6 Å². The molecule has 1 aliphatic heterocycles. The number of nitrogens with zero attached hydrogens (tertiary/aromatic N) is 2. The van der Waals surface area contributed by atoms with Crippen molar-refractivity contribution >= 4 is 31.8 Å². The molecule has 0 aliphatic carbocycles. The van der Waals surface area contributed by atoms with E-state index in [0.29, 0.717) is 5.75 Å². The summed E-state index contributed by atoms with van der Waals surface area (Å²) in [6.07, 6.45) is 2.67.